The van der Waals surface area contributed by atoms with Gasteiger partial charge in [0.15, 0.2) is 0 Å². The van der Waals surface area contributed by atoms with E-state index in [1.165, 1.54) is 25.9 Å². The highest BCUT2D eigenvalue weighted by Gasteiger charge is 2.46. The van der Waals surface area contributed by atoms with Crippen LogP contribution in [0.4, 0.5) is 0 Å². The number of hydrogen-bond donors (Lipinski definition) is 0. The Bertz CT molecular complexity index is 1010. The normalized spacial score (nSPS) is 32.6. The van der Waals surface area contributed by atoms with Crippen LogP contribution in [0.15, 0.2) is 87.6 Å². The van der Waals surface area contributed by atoms with Crippen LogP contribution in [0, 0.1) is 17.3 Å². The standard InChI is InChI=1S/C26H25I/c1-25(2)21-9-5-4-8-18(21)19-12-11-17(16-23(19)25)20-13-14-24(27)22-10-6-7-15-26(20,22)3/h4-15,20,23H,16H2,1-3H3. The third-order valence-corrected chi connectivity index (χ3v) is 8.17. The molecule has 0 aromatic heterocycles. The van der Waals surface area contributed by atoms with E-state index in [4.69, 9.17) is 0 Å². The van der Waals surface area contributed by atoms with Crippen LogP contribution in [0.3, 0.4) is 0 Å². The van der Waals surface area contributed by atoms with Crippen molar-refractivity contribution in [1.29, 1.82) is 0 Å². The molecule has 4 aliphatic carbocycles. The minimum atomic E-state index is 0.0623. The average molecular weight is 464 g/mol. The lowest BCUT2D eigenvalue weighted by molar-refractivity contribution is 0.360. The number of benzene rings is 1. The Hall–Kier alpha value is -1.61. The Kier molecular flexibility index (Phi) is 3.85. The topological polar surface area (TPSA) is 0 Å². The van der Waals surface area contributed by atoms with Crippen LogP contribution < -0.4 is 0 Å². The van der Waals surface area contributed by atoms with E-state index in [1.54, 1.807) is 5.57 Å². The summed E-state index contributed by atoms with van der Waals surface area (Å²) >= 11 is 2.49. The van der Waals surface area contributed by atoms with Crippen LogP contribution in [-0.2, 0) is 5.41 Å². The molecule has 0 fully saturated rings. The fraction of sp³-hybridized carbons (Fsp3) is 0.308. The van der Waals surface area contributed by atoms with Crippen LogP contribution >= 0.6 is 22.6 Å². The van der Waals surface area contributed by atoms with E-state index in [2.05, 4.69) is 116 Å². The highest BCUT2D eigenvalue weighted by atomic mass is 127. The Morgan fingerprint density at radius 3 is 2.67 bits per heavy atom. The largest absolute Gasteiger partial charge is 0.0751 e. The van der Waals surface area contributed by atoms with E-state index in [0.29, 0.717) is 11.8 Å². The molecular weight excluding hydrogens is 439 g/mol. The first-order valence-corrected chi connectivity index (χ1v) is 11.0. The van der Waals surface area contributed by atoms with E-state index in [-0.39, 0.29) is 10.8 Å². The van der Waals surface area contributed by atoms with Crippen molar-refractivity contribution in [3.05, 3.63) is 98.7 Å². The third-order valence-electron chi connectivity index (χ3n) is 7.23. The van der Waals surface area contributed by atoms with Gasteiger partial charge in [-0.3, -0.25) is 0 Å². The van der Waals surface area contributed by atoms with Gasteiger partial charge in [0.05, 0.1) is 0 Å². The maximum atomic E-state index is 2.49. The summed E-state index contributed by atoms with van der Waals surface area (Å²) in [4.78, 5) is 0. The lowest BCUT2D eigenvalue weighted by Gasteiger charge is -2.43. The number of hydrogen-bond acceptors (Lipinski definition) is 0. The molecule has 5 rings (SSSR count). The smallest absolute Gasteiger partial charge is 0.0217 e. The van der Waals surface area contributed by atoms with Gasteiger partial charge in [0.1, 0.15) is 0 Å². The third kappa shape index (κ3) is 2.40. The molecule has 0 bridgehead atoms. The predicted octanol–water partition coefficient (Wildman–Crippen LogP) is 7.31. The molecule has 0 amide bonds. The Morgan fingerprint density at radius 1 is 1.00 bits per heavy atom. The SMILES string of the molecule is CC12C=CC=CC1=C(I)C=CC2C1=CC=C2c3ccccc3C(C)(C)C2C1. The summed E-state index contributed by atoms with van der Waals surface area (Å²) in [5, 5.41) is 0. The van der Waals surface area contributed by atoms with Crippen molar-refractivity contribution in [2.24, 2.45) is 17.3 Å². The summed E-state index contributed by atoms with van der Waals surface area (Å²) in [6, 6.07) is 9.01. The molecule has 1 aromatic carbocycles. The second kappa shape index (κ2) is 5.94. The molecule has 0 aliphatic heterocycles. The van der Waals surface area contributed by atoms with Crippen molar-refractivity contribution < 1.29 is 0 Å². The maximum Gasteiger partial charge on any atom is 0.0217 e. The van der Waals surface area contributed by atoms with Gasteiger partial charge in [0, 0.05) is 14.9 Å². The summed E-state index contributed by atoms with van der Waals surface area (Å²) in [6.07, 6.45) is 19.9. The Balaban J connectivity index is 1.58. The zero-order valence-electron chi connectivity index (χ0n) is 16.2. The van der Waals surface area contributed by atoms with Crippen molar-refractivity contribution in [2.45, 2.75) is 32.6 Å². The van der Waals surface area contributed by atoms with Gasteiger partial charge >= 0.3 is 0 Å². The fourth-order valence-electron chi connectivity index (χ4n) is 5.63. The monoisotopic (exact) mass is 464 g/mol. The molecule has 0 N–H and O–H groups in total. The molecule has 3 unspecified atom stereocenters. The molecule has 4 aliphatic rings. The van der Waals surface area contributed by atoms with Gasteiger partial charge in [-0.2, -0.15) is 0 Å². The first kappa shape index (κ1) is 17.5. The second-order valence-electron chi connectivity index (χ2n) is 8.99. The van der Waals surface area contributed by atoms with Gasteiger partial charge < -0.3 is 0 Å². The van der Waals surface area contributed by atoms with E-state index in [9.17, 15) is 0 Å². The zero-order chi connectivity index (χ0) is 18.8. The van der Waals surface area contributed by atoms with Gasteiger partial charge in [0.25, 0.3) is 0 Å². The van der Waals surface area contributed by atoms with Gasteiger partial charge in [-0.05, 0) is 62.6 Å². The van der Waals surface area contributed by atoms with Gasteiger partial charge in [0.2, 0.25) is 0 Å². The highest BCUT2D eigenvalue weighted by Crippen LogP contribution is 2.57. The summed E-state index contributed by atoms with van der Waals surface area (Å²) < 4.78 is 1.37. The summed E-state index contributed by atoms with van der Waals surface area (Å²) in [5.74, 6) is 1.01. The fourth-order valence-corrected chi connectivity index (χ4v) is 6.60. The first-order chi connectivity index (χ1) is 12.9. The van der Waals surface area contributed by atoms with E-state index in [0.717, 1.165) is 6.42 Å². The molecular formula is C26H25I. The van der Waals surface area contributed by atoms with Crippen molar-refractivity contribution in [1.82, 2.24) is 0 Å². The molecule has 1 aromatic rings. The van der Waals surface area contributed by atoms with Crippen LogP contribution in [0.5, 0.6) is 0 Å². The molecule has 1 heteroatoms. The quantitative estimate of drug-likeness (QED) is 0.382. The average Bonchev–Trinajstić information content (AvgIpc) is 2.89. The van der Waals surface area contributed by atoms with E-state index in [1.807, 2.05) is 0 Å². The van der Waals surface area contributed by atoms with Crippen LogP contribution in [0.25, 0.3) is 5.57 Å². The van der Waals surface area contributed by atoms with Gasteiger partial charge in [-0.25, -0.2) is 0 Å². The number of halogens is 1. The summed E-state index contributed by atoms with van der Waals surface area (Å²) in [7, 11) is 0. The summed E-state index contributed by atoms with van der Waals surface area (Å²) in [5.41, 5.74) is 7.80. The molecule has 0 spiro atoms. The van der Waals surface area contributed by atoms with Crippen molar-refractivity contribution >= 4 is 28.2 Å². The Morgan fingerprint density at radius 2 is 1.81 bits per heavy atom. The Labute approximate surface area is 176 Å². The van der Waals surface area contributed by atoms with Crippen molar-refractivity contribution in [3.63, 3.8) is 0 Å². The van der Waals surface area contributed by atoms with Crippen LogP contribution in [0.1, 0.15) is 38.3 Å². The van der Waals surface area contributed by atoms with Gasteiger partial charge in [-0.1, -0.05) is 99.2 Å². The minimum absolute atomic E-state index is 0.0623. The molecule has 0 radical (unpaired) electrons. The molecule has 0 saturated carbocycles. The molecule has 0 nitrogen and oxygen atoms in total. The molecule has 0 heterocycles. The second-order valence-corrected chi connectivity index (χ2v) is 10.1. The van der Waals surface area contributed by atoms with Crippen molar-refractivity contribution in [2.75, 3.05) is 0 Å². The van der Waals surface area contributed by atoms with Gasteiger partial charge in [-0.15, -0.1) is 0 Å². The summed E-state index contributed by atoms with van der Waals surface area (Å²) in [6.45, 7) is 7.26. The number of rotatable bonds is 1. The van der Waals surface area contributed by atoms with E-state index < -0.39 is 0 Å². The van der Waals surface area contributed by atoms with Crippen molar-refractivity contribution in [3.8, 4) is 0 Å². The zero-order valence-corrected chi connectivity index (χ0v) is 18.3. The molecule has 27 heavy (non-hydrogen) atoms. The lowest BCUT2D eigenvalue weighted by Crippen LogP contribution is -2.33. The highest BCUT2D eigenvalue weighted by molar-refractivity contribution is 14.1. The maximum absolute atomic E-state index is 2.49. The van der Waals surface area contributed by atoms with E-state index >= 15 is 0 Å². The number of fused-ring (bicyclic) bond motifs is 4. The molecule has 3 atom stereocenters. The molecule has 0 saturated heterocycles. The first-order valence-electron chi connectivity index (χ1n) is 9.88. The number of allylic oxidation sites excluding steroid dienone is 12. The van der Waals surface area contributed by atoms with Crippen LogP contribution in [-0.4, -0.2) is 0 Å². The molecule has 136 valence electrons. The minimum Gasteiger partial charge on any atom is -0.0751 e. The van der Waals surface area contributed by atoms with Crippen LogP contribution in [0.2, 0.25) is 0 Å². The predicted molar refractivity (Wildman–Crippen MR) is 124 cm³/mol. The lowest BCUT2D eigenvalue weighted by atomic mass is 9.61.